The van der Waals surface area contributed by atoms with Crippen molar-refractivity contribution < 1.29 is 4.74 Å². The van der Waals surface area contributed by atoms with Gasteiger partial charge in [0.15, 0.2) is 0 Å². The van der Waals surface area contributed by atoms with E-state index in [4.69, 9.17) is 4.74 Å². The fourth-order valence-electron chi connectivity index (χ4n) is 2.75. The Morgan fingerprint density at radius 3 is 2.45 bits per heavy atom. The van der Waals surface area contributed by atoms with Crippen molar-refractivity contribution in [3.05, 3.63) is 29.8 Å². The minimum Gasteiger partial charge on any atom is -0.497 e. The Kier molecular flexibility index (Phi) is 7.63. The summed E-state index contributed by atoms with van der Waals surface area (Å²) in [6.45, 7) is 6.48. The predicted molar refractivity (Wildman–Crippen MR) is 86.2 cm³/mol. The Morgan fingerprint density at radius 2 is 1.90 bits per heavy atom. The Morgan fingerprint density at radius 1 is 1.20 bits per heavy atom. The van der Waals surface area contributed by atoms with Crippen LogP contribution in [0, 0.1) is 5.92 Å². The highest BCUT2D eigenvalue weighted by Crippen LogP contribution is 2.17. The van der Waals surface area contributed by atoms with Gasteiger partial charge in [-0.2, -0.15) is 0 Å². The monoisotopic (exact) mass is 278 g/mol. The smallest absolute Gasteiger partial charge is 0.119 e. The zero-order valence-electron chi connectivity index (χ0n) is 13.6. The number of methoxy groups -OCH3 is 1. The standard InChI is InChI=1S/C17H30N2O/c1-6-15(7-2)17(19(3)4)13-18-12-14-9-8-10-16(11-14)20-5/h8-11,15,17-18H,6-7,12-13H2,1-5H3. The molecule has 3 heteroatoms. The number of ether oxygens (including phenoxy) is 1. The van der Waals surface area contributed by atoms with Crippen molar-refractivity contribution in [2.75, 3.05) is 27.7 Å². The van der Waals surface area contributed by atoms with E-state index in [2.05, 4.69) is 50.3 Å². The molecule has 0 amide bonds. The third-order valence-corrected chi connectivity index (χ3v) is 4.07. The van der Waals surface area contributed by atoms with E-state index in [0.29, 0.717) is 6.04 Å². The van der Waals surface area contributed by atoms with Crippen LogP contribution < -0.4 is 10.1 Å². The Balaban J connectivity index is 2.51. The van der Waals surface area contributed by atoms with Crippen LogP contribution in [0.25, 0.3) is 0 Å². The lowest BCUT2D eigenvalue weighted by atomic mass is 9.93. The maximum absolute atomic E-state index is 5.26. The summed E-state index contributed by atoms with van der Waals surface area (Å²) in [5.41, 5.74) is 1.27. The van der Waals surface area contributed by atoms with Crippen LogP contribution in [0.3, 0.4) is 0 Å². The van der Waals surface area contributed by atoms with Crippen molar-refractivity contribution in [1.29, 1.82) is 0 Å². The zero-order chi connectivity index (χ0) is 15.0. The predicted octanol–water partition coefficient (Wildman–Crippen LogP) is 3.15. The minimum absolute atomic E-state index is 0.593. The number of hydrogen-bond acceptors (Lipinski definition) is 3. The summed E-state index contributed by atoms with van der Waals surface area (Å²) in [4.78, 5) is 2.34. The van der Waals surface area contributed by atoms with E-state index >= 15 is 0 Å². The molecule has 114 valence electrons. The molecule has 20 heavy (non-hydrogen) atoms. The summed E-state index contributed by atoms with van der Waals surface area (Å²) in [6.07, 6.45) is 2.47. The first-order chi connectivity index (χ1) is 9.62. The number of rotatable bonds is 9. The number of nitrogens with zero attached hydrogens (tertiary/aromatic N) is 1. The Labute approximate surface area is 124 Å². The molecule has 0 radical (unpaired) electrons. The summed E-state index contributed by atoms with van der Waals surface area (Å²) in [5, 5.41) is 3.59. The van der Waals surface area contributed by atoms with E-state index in [9.17, 15) is 0 Å². The molecular formula is C17H30N2O. The summed E-state index contributed by atoms with van der Waals surface area (Å²) < 4.78 is 5.26. The van der Waals surface area contributed by atoms with E-state index in [1.807, 2.05) is 12.1 Å². The third-order valence-electron chi connectivity index (χ3n) is 4.07. The van der Waals surface area contributed by atoms with Crippen molar-refractivity contribution in [2.45, 2.75) is 39.3 Å². The van der Waals surface area contributed by atoms with E-state index in [0.717, 1.165) is 24.8 Å². The summed E-state index contributed by atoms with van der Waals surface area (Å²) in [6, 6.07) is 8.85. The first kappa shape index (κ1) is 17.0. The second-order valence-corrected chi connectivity index (χ2v) is 5.59. The van der Waals surface area contributed by atoms with Gasteiger partial charge in [0.1, 0.15) is 5.75 Å². The van der Waals surface area contributed by atoms with Gasteiger partial charge in [-0.05, 0) is 37.7 Å². The average molecular weight is 278 g/mol. The molecule has 1 N–H and O–H groups in total. The molecule has 1 unspecified atom stereocenters. The van der Waals surface area contributed by atoms with Crippen LogP contribution in [0.15, 0.2) is 24.3 Å². The third kappa shape index (κ3) is 5.14. The van der Waals surface area contributed by atoms with Gasteiger partial charge in [-0.3, -0.25) is 0 Å². The highest BCUT2D eigenvalue weighted by molar-refractivity contribution is 5.28. The zero-order valence-corrected chi connectivity index (χ0v) is 13.6. The van der Waals surface area contributed by atoms with Crippen LogP contribution in [-0.4, -0.2) is 38.7 Å². The van der Waals surface area contributed by atoms with Crippen LogP contribution in [0.5, 0.6) is 5.75 Å². The number of likely N-dealkylation sites (N-methyl/N-ethyl adjacent to an activating group) is 1. The molecule has 1 aromatic carbocycles. The lowest BCUT2D eigenvalue weighted by molar-refractivity contribution is 0.194. The average Bonchev–Trinajstić information content (AvgIpc) is 2.46. The molecule has 0 fully saturated rings. The summed E-state index contributed by atoms with van der Waals surface area (Å²) in [7, 11) is 6.06. The van der Waals surface area contributed by atoms with Crippen LogP contribution in [0.1, 0.15) is 32.3 Å². The molecule has 0 aromatic heterocycles. The second-order valence-electron chi connectivity index (χ2n) is 5.59. The molecule has 3 nitrogen and oxygen atoms in total. The molecule has 0 saturated heterocycles. The molecule has 0 bridgehead atoms. The van der Waals surface area contributed by atoms with Gasteiger partial charge in [0.05, 0.1) is 7.11 Å². The maximum Gasteiger partial charge on any atom is 0.119 e. The number of hydrogen-bond donors (Lipinski definition) is 1. The quantitative estimate of drug-likeness (QED) is 0.751. The van der Waals surface area contributed by atoms with Gasteiger partial charge in [0.2, 0.25) is 0 Å². The van der Waals surface area contributed by atoms with Gasteiger partial charge in [0.25, 0.3) is 0 Å². The normalized spacial score (nSPS) is 12.9. The fraction of sp³-hybridized carbons (Fsp3) is 0.647. The van der Waals surface area contributed by atoms with Gasteiger partial charge >= 0.3 is 0 Å². The van der Waals surface area contributed by atoms with Crippen LogP contribution in [0.2, 0.25) is 0 Å². The van der Waals surface area contributed by atoms with Crippen LogP contribution >= 0.6 is 0 Å². The largest absolute Gasteiger partial charge is 0.497 e. The van der Waals surface area contributed by atoms with Gasteiger partial charge in [-0.1, -0.05) is 38.8 Å². The lowest BCUT2D eigenvalue weighted by Gasteiger charge is -2.31. The maximum atomic E-state index is 5.26. The van der Waals surface area contributed by atoms with Crippen molar-refractivity contribution >= 4 is 0 Å². The molecule has 1 aromatic rings. The van der Waals surface area contributed by atoms with Crippen molar-refractivity contribution in [3.8, 4) is 5.75 Å². The van der Waals surface area contributed by atoms with Crippen LogP contribution in [-0.2, 0) is 6.54 Å². The van der Waals surface area contributed by atoms with Crippen molar-refractivity contribution in [2.24, 2.45) is 5.92 Å². The lowest BCUT2D eigenvalue weighted by Crippen LogP contribution is -2.42. The van der Waals surface area contributed by atoms with Gasteiger partial charge in [-0.25, -0.2) is 0 Å². The van der Waals surface area contributed by atoms with Crippen LogP contribution in [0.4, 0.5) is 0 Å². The Hall–Kier alpha value is -1.06. The minimum atomic E-state index is 0.593. The topological polar surface area (TPSA) is 24.5 Å². The SMILES string of the molecule is CCC(CC)C(CNCc1cccc(OC)c1)N(C)C. The Bertz CT molecular complexity index is 375. The molecule has 0 spiro atoms. The first-order valence-electron chi connectivity index (χ1n) is 7.62. The van der Waals surface area contributed by atoms with Crippen molar-refractivity contribution in [1.82, 2.24) is 10.2 Å². The molecule has 0 heterocycles. The molecule has 0 aliphatic carbocycles. The van der Waals surface area contributed by atoms with E-state index in [1.165, 1.54) is 18.4 Å². The van der Waals surface area contributed by atoms with E-state index in [1.54, 1.807) is 7.11 Å². The number of nitrogens with one attached hydrogen (secondary N) is 1. The molecule has 1 atom stereocenters. The fourth-order valence-corrected chi connectivity index (χ4v) is 2.75. The molecule has 1 rings (SSSR count). The highest BCUT2D eigenvalue weighted by Gasteiger charge is 2.19. The van der Waals surface area contributed by atoms with Gasteiger partial charge in [0, 0.05) is 19.1 Å². The van der Waals surface area contributed by atoms with E-state index < -0.39 is 0 Å². The summed E-state index contributed by atoms with van der Waals surface area (Å²) in [5.74, 6) is 1.68. The summed E-state index contributed by atoms with van der Waals surface area (Å²) >= 11 is 0. The second kappa shape index (κ2) is 8.98. The molecule has 0 aliphatic heterocycles. The highest BCUT2D eigenvalue weighted by atomic mass is 16.5. The molecular weight excluding hydrogens is 248 g/mol. The number of benzene rings is 1. The molecule has 0 aliphatic rings. The van der Waals surface area contributed by atoms with Gasteiger partial charge < -0.3 is 15.0 Å². The first-order valence-corrected chi connectivity index (χ1v) is 7.62. The molecule has 0 saturated carbocycles. The van der Waals surface area contributed by atoms with Crippen molar-refractivity contribution in [3.63, 3.8) is 0 Å². The van der Waals surface area contributed by atoms with Gasteiger partial charge in [-0.15, -0.1) is 0 Å². The van der Waals surface area contributed by atoms with E-state index in [-0.39, 0.29) is 0 Å².